The first-order chi connectivity index (χ1) is 10.9. The molecule has 0 bridgehead atoms. The quantitative estimate of drug-likeness (QED) is 0.557. The van der Waals surface area contributed by atoms with E-state index in [4.69, 9.17) is 9.79 Å². The zero-order valence-electron chi connectivity index (χ0n) is 12.3. The van der Waals surface area contributed by atoms with Gasteiger partial charge in [-0.1, -0.05) is 48.5 Å². The fourth-order valence-electron chi connectivity index (χ4n) is 2.65. The lowest BCUT2D eigenvalue weighted by molar-refractivity contribution is 0.101. The highest BCUT2D eigenvalue weighted by atomic mass is 31.2. The summed E-state index contributed by atoms with van der Waals surface area (Å²) in [6.07, 6.45) is 0.905. The highest BCUT2D eigenvalue weighted by molar-refractivity contribution is 7.52. The maximum atomic E-state index is 12.2. The van der Waals surface area contributed by atoms with Gasteiger partial charge in [-0.2, -0.15) is 0 Å². The third kappa shape index (κ3) is 3.59. The summed E-state index contributed by atoms with van der Waals surface area (Å²) >= 11 is 0. The number of Topliss-reactive ketones (excluding diaryl/α,β-unsaturated/α-hetero) is 1. The second kappa shape index (κ2) is 6.13. The van der Waals surface area contributed by atoms with E-state index in [1.807, 2.05) is 53.1 Å². The number of nitrogens with zero attached hydrogens (tertiary/aromatic N) is 1. The Balaban J connectivity index is 2.03. The van der Waals surface area contributed by atoms with Crippen LogP contribution in [0.15, 0.2) is 60.8 Å². The van der Waals surface area contributed by atoms with Crippen LogP contribution in [0.5, 0.6) is 0 Å². The average molecular weight is 329 g/mol. The molecule has 0 amide bonds. The monoisotopic (exact) mass is 329 g/mol. The van der Waals surface area contributed by atoms with Gasteiger partial charge in [0, 0.05) is 29.2 Å². The van der Waals surface area contributed by atoms with Crippen LogP contribution in [-0.2, 0) is 11.1 Å². The molecular weight excluding hydrogens is 313 g/mol. The van der Waals surface area contributed by atoms with Crippen molar-refractivity contribution in [2.24, 2.45) is 0 Å². The predicted octanol–water partition coefficient (Wildman–Crippen LogP) is 3.05. The molecule has 0 aliphatic heterocycles. The summed E-state index contributed by atoms with van der Waals surface area (Å²) in [7, 11) is -4.38. The van der Waals surface area contributed by atoms with Crippen molar-refractivity contribution in [1.82, 2.24) is 4.57 Å². The van der Waals surface area contributed by atoms with Gasteiger partial charge in [0.25, 0.3) is 0 Å². The molecule has 0 saturated heterocycles. The SMILES string of the molecule is O=C(CP(=O)(O)O)c1cn(Cc2ccccc2)c2ccccc12. The fourth-order valence-corrected chi connectivity index (χ4v) is 3.20. The number of ketones is 1. The van der Waals surface area contributed by atoms with Crippen LogP contribution in [0.2, 0.25) is 0 Å². The number of carbonyl (C=O) groups is 1. The van der Waals surface area contributed by atoms with Crippen molar-refractivity contribution in [1.29, 1.82) is 0 Å². The molecule has 1 heterocycles. The van der Waals surface area contributed by atoms with Crippen molar-refractivity contribution in [2.45, 2.75) is 6.54 Å². The summed E-state index contributed by atoms with van der Waals surface area (Å²) in [4.78, 5) is 30.3. The number of para-hydroxylation sites is 1. The topological polar surface area (TPSA) is 79.5 Å². The van der Waals surface area contributed by atoms with E-state index in [2.05, 4.69) is 0 Å². The van der Waals surface area contributed by atoms with Crippen molar-refractivity contribution in [3.8, 4) is 0 Å². The van der Waals surface area contributed by atoms with Crippen LogP contribution in [0, 0.1) is 0 Å². The second-order valence-corrected chi connectivity index (χ2v) is 7.06. The predicted molar refractivity (Wildman–Crippen MR) is 88.7 cm³/mol. The van der Waals surface area contributed by atoms with Gasteiger partial charge in [-0.05, 0) is 11.6 Å². The molecule has 23 heavy (non-hydrogen) atoms. The lowest BCUT2D eigenvalue weighted by Gasteiger charge is -2.05. The number of benzene rings is 2. The molecule has 0 atom stereocenters. The standard InChI is InChI=1S/C17H16NO4P/c19-17(12-23(20,21)22)15-11-18(10-13-6-2-1-3-7-13)16-9-5-4-8-14(15)16/h1-9,11H,10,12H2,(H2,20,21,22). The minimum absolute atomic E-state index is 0.347. The van der Waals surface area contributed by atoms with Gasteiger partial charge in [-0.15, -0.1) is 0 Å². The van der Waals surface area contributed by atoms with Crippen molar-refractivity contribution >= 4 is 24.3 Å². The van der Waals surface area contributed by atoms with E-state index in [-0.39, 0.29) is 0 Å². The van der Waals surface area contributed by atoms with Crippen LogP contribution < -0.4 is 0 Å². The second-order valence-electron chi connectivity index (χ2n) is 5.42. The molecule has 0 fully saturated rings. The Bertz CT molecular complexity index is 895. The molecule has 3 aromatic rings. The molecular formula is C17H16NO4P. The van der Waals surface area contributed by atoms with Crippen LogP contribution in [0.25, 0.3) is 10.9 Å². The zero-order chi connectivity index (χ0) is 16.4. The van der Waals surface area contributed by atoms with Gasteiger partial charge in [-0.3, -0.25) is 9.36 Å². The fraction of sp³-hybridized carbons (Fsp3) is 0.118. The number of aromatic nitrogens is 1. The average Bonchev–Trinajstić information content (AvgIpc) is 2.86. The van der Waals surface area contributed by atoms with Crippen LogP contribution in [0.3, 0.4) is 0 Å². The molecule has 5 nitrogen and oxygen atoms in total. The highest BCUT2D eigenvalue weighted by Crippen LogP contribution is 2.36. The first-order valence-electron chi connectivity index (χ1n) is 7.13. The first-order valence-corrected chi connectivity index (χ1v) is 8.93. The first kappa shape index (κ1) is 15.7. The number of carbonyl (C=O) groups excluding carboxylic acids is 1. The van der Waals surface area contributed by atoms with E-state index in [9.17, 15) is 9.36 Å². The molecule has 2 aromatic carbocycles. The molecule has 0 saturated carbocycles. The number of fused-ring (bicyclic) bond motifs is 1. The Morgan fingerprint density at radius 2 is 1.65 bits per heavy atom. The van der Waals surface area contributed by atoms with Gasteiger partial charge >= 0.3 is 7.60 Å². The van der Waals surface area contributed by atoms with Gasteiger partial charge in [0.2, 0.25) is 0 Å². The Morgan fingerprint density at radius 3 is 2.35 bits per heavy atom. The summed E-state index contributed by atoms with van der Waals surface area (Å²) in [6, 6.07) is 17.2. The molecule has 0 spiro atoms. The molecule has 2 N–H and O–H groups in total. The van der Waals surface area contributed by atoms with Gasteiger partial charge in [0.1, 0.15) is 6.16 Å². The smallest absolute Gasteiger partial charge is 0.333 e. The molecule has 0 aliphatic rings. The summed E-state index contributed by atoms with van der Waals surface area (Å²) in [5.74, 6) is -0.540. The number of hydrogen-bond donors (Lipinski definition) is 2. The number of hydrogen-bond acceptors (Lipinski definition) is 2. The highest BCUT2D eigenvalue weighted by Gasteiger charge is 2.23. The zero-order valence-corrected chi connectivity index (χ0v) is 13.2. The summed E-state index contributed by atoms with van der Waals surface area (Å²) < 4.78 is 13.0. The Labute approximate surface area is 133 Å². The van der Waals surface area contributed by atoms with E-state index in [1.54, 1.807) is 12.3 Å². The minimum Gasteiger partial charge on any atom is -0.342 e. The molecule has 0 aliphatic carbocycles. The normalized spacial score (nSPS) is 11.7. The van der Waals surface area contributed by atoms with Gasteiger partial charge in [-0.25, -0.2) is 0 Å². The summed E-state index contributed by atoms with van der Waals surface area (Å²) in [6.45, 7) is 0.588. The molecule has 0 radical (unpaired) electrons. The minimum atomic E-state index is -4.38. The largest absolute Gasteiger partial charge is 0.342 e. The summed E-state index contributed by atoms with van der Waals surface area (Å²) in [5, 5.41) is 0.710. The van der Waals surface area contributed by atoms with Crippen molar-refractivity contribution in [2.75, 3.05) is 6.16 Å². The van der Waals surface area contributed by atoms with Crippen LogP contribution in [0.1, 0.15) is 15.9 Å². The lowest BCUT2D eigenvalue weighted by atomic mass is 10.1. The number of rotatable bonds is 5. The van der Waals surface area contributed by atoms with Gasteiger partial charge in [0.05, 0.1) is 0 Å². The van der Waals surface area contributed by atoms with Gasteiger partial charge in [0.15, 0.2) is 5.78 Å². The molecule has 1 aromatic heterocycles. The molecule has 3 rings (SSSR count). The maximum Gasteiger partial charge on any atom is 0.333 e. The Kier molecular flexibility index (Phi) is 4.18. The van der Waals surface area contributed by atoms with Crippen molar-refractivity contribution in [3.63, 3.8) is 0 Å². The van der Waals surface area contributed by atoms with Gasteiger partial charge < -0.3 is 14.4 Å². The summed E-state index contributed by atoms with van der Waals surface area (Å²) in [5.41, 5.74) is 2.30. The molecule has 6 heteroatoms. The van der Waals surface area contributed by atoms with Crippen LogP contribution in [0.4, 0.5) is 0 Å². The van der Waals surface area contributed by atoms with E-state index >= 15 is 0 Å². The molecule has 118 valence electrons. The van der Waals surface area contributed by atoms with Crippen molar-refractivity contribution < 1.29 is 19.1 Å². The van der Waals surface area contributed by atoms with Crippen LogP contribution in [-0.4, -0.2) is 26.3 Å². The Hall–Kier alpha value is -2.20. The van der Waals surface area contributed by atoms with E-state index in [0.717, 1.165) is 11.1 Å². The van der Waals surface area contributed by atoms with Crippen molar-refractivity contribution in [3.05, 3.63) is 71.9 Å². The van der Waals surface area contributed by atoms with Crippen LogP contribution >= 0.6 is 7.60 Å². The third-order valence-corrected chi connectivity index (χ3v) is 4.33. The maximum absolute atomic E-state index is 12.2. The van der Waals surface area contributed by atoms with E-state index < -0.39 is 19.5 Å². The Morgan fingerprint density at radius 1 is 1.00 bits per heavy atom. The lowest BCUT2D eigenvalue weighted by Crippen LogP contribution is -2.05. The molecule has 0 unspecified atom stereocenters. The van der Waals surface area contributed by atoms with E-state index in [1.165, 1.54) is 0 Å². The third-order valence-electron chi connectivity index (χ3n) is 3.63. The van der Waals surface area contributed by atoms with E-state index in [0.29, 0.717) is 17.5 Å².